The molecule has 0 saturated carbocycles. The highest BCUT2D eigenvalue weighted by Gasteiger charge is 2.14. The van der Waals surface area contributed by atoms with Gasteiger partial charge in [-0.2, -0.15) is 0 Å². The third-order valence-electron chi connectivity index (χ3n) is 3.05. The summed E-state index contributed by atoms with van der Waals surface area (Å²) >= 11 is 4.88. The molecular weight excluding hydrogens is 294 g/mol. The molecule has 1 atom stereocenters. The van der Waals surface area contributed by atoms with Gasteiger partial charge in [-0.15, -0.1) is 0 Å². The van der Waals surface area contributed by atoms with Crippen molar-refractivity contribution in [1.82, 2.24) is 9.62 Å². The zero-order valence-corrected chi connectivity index (χ0v) is 13.6. The highest BCUT2D eigenvalue weighted by Crippen LogP contribution is 2.09. The summed E-state index contributed by atoms with van der Waals surface area (Å²) in [5.41, 5.74) is 6.88. The fourth-order valence-corrected chi connectivity index (χ4v) is 2.86. The summed E-state index contributed by atoms with van der Waals surface area (Å²) in [7, 11) is 0.448. The van der Waals surface area contributed by atoms with Crippen LogP contribution < -0.4 is 10.5 Å². The molecule has 3 N–H and O–H groups in total. The van der Waals surface area contributed by atoms with Gasteiger partial charge < -0.3 is 10.6 Å². The molecule has 5 nitrogen and oxygen atoms in total. The van der Waals surface area contributed by atoms with E-state index < -0.39 is 10.0 Å². The van der Waals surface area contributed by atoms with Crippen LogP contribution in [0, 0.1) is 0 Å². The van der Waals surface area contributed by atoms with Crippen LogP contribution in [0.3, 0.4) is 0 Å². The second-order valence-electron chi connectivity index (χ2n) is 4.98. The number of hydrogen-bond acceptors (Lipinski definition) is 4. The molecule has 1 rings (SSSR count). The number of thiocarbonyl (C=S) groups is 1. The maximum absolute atomic E-state index is 12.0. The zero-order valence-electron chi connectivity index (χ0n) is 12.0. The van der Waals surface area contributed by atoms with E-state index in [0.717, 1.165) is 0 Å². The Morgan fingerprint density at radius 3 is 2.65 bits per heavy atom. The summed E-state index contributed by atoms with van der Waals surface area (Å²) in [6, 6.07) is 7.10. The van der Waals surface area contributed by atoms with E-state index in [2.05, 4.69) is 4.72 Å². The van der Waals surface area contributed by atoms with Crippen LogP contribution in [0.25, 0.3) is 0 Å². The van der Waals surface area contributed by atoms with Crippen LogP contribution in [0.1, 0.15) is 18.1 Å². The monoisotopic (exact) mass is 315 g/mol. The van der Waals surface area contributed by atoms with Crippen molar-refractivity contribution in [2.45, 2.75) is 18.7 Å². The molecule has 0 aliphatic heterocycles. The van der Waals surface area contributed by atoms with Crippen LogP contribution in [-0.4, -0.2) is 45.0 Å². The maximum Gasteiger partial charge on any atom is 0.215 e. The number of sulfonamides is 1. The van der Waals surface area contributed by atoms with E-state index in [4.69, 9.17) is 18.0 Å². The van der Waals surface area contributed by atoms with Crippen molar-refractivity contribution in [3.63, 3.8) is 0 Å². The van der Waals surface area contributed by atoms with Crippen LogP contribution >= 0.6 is 12.2 Å². The lowest BCUT2D eigenvalue weighted by molar-refractivity contribution is 0.314. The number of nitrogens with zero attached hydrogens (tertiary/aromatic N) is 1. The normalized spacial score (nSPS) is 13.4. The summed E-state index contributed by atoms with van der Waals surface area (Å²) in [6.45, 7) is 2.33. The molecule has 0 saturated heterocycles. The zero-order chi connectivity index (χ0) is 15.3. The Morgan fingerprint density at radius 1 is 1.45 bits per heavy atom. The molecule has 0 bridgehead atoms. The summed E-state index contributed by atoms with van der Waals surface area (Å²) in [6.07, 6.45) is 0. The van der Waals surface area contributed by atoms with Crippen LogP contribution in [0.4, 0.5) is 0 Å². The fraction of sp³-hybridized carbons (Fsp3) is 0.462. The molecule has 0 amide bonds. The van der Waals surface area contributed by atoms with Crippen LogP contribution in [-0.2, 0) is 15.8 Å². The van der Waals surface area contributed by atoms with E-state index in [1.807, 2.05) is 25.9 Å². The standard InChI is InChI=1S/C13H21N3O2S2/c1-10(16(2)3)8-15-20(17,18)9-11-5-4-6-12(7-11)13(14)19/h4-7,10,15H,8-9H2,1-3H3,(H2,14,19). The van der Waals surface area contributed by atoms with Gasteiger partial charge in [-0.1, -0.05) is 30.4 Å². The van der Waals surface area contributed by atoms with Gasteiger partial charge in [-0.05, 0) is 32.6 Å². The topological polar surface area (TPSA) is 75.4 Å². The number of nitrogens with one attached hydrogen (secondary N) is 1. The summed E-state index contributed by atoms with van der Waals surface area (Å²) in [5.74, 6) is -0.0798. The van der Waals surface area contributed by atoms with Crippen molar-refractivity contribution in [3.05, 3.63) is 35.4 Å². The Hall–Kier alpha value is -1.02. The minimum Gasteiger partial charge on any atom is -0.389 e. The molecule has 0 spiro atoms. The number of nitrogens with two attached hydrogens (primary N) is 1. The highest BCUT2D eigenvalue weighted by molar-refractivity contribution is 7.88. The Kier molecular flexibility index (Phi) is 6.07. The van der Waals surface area contributed by atoms with Crippen molar-refractivity contribution in [3.8, 4) is 0 Å². The molecule has 0 radical (unpaired) electrons. The molecule has 1 aromatic rings. The average Bonchev–Trinajstić information content (AvgIpc) is 2.35. The lowest BCUT2D eigenvalue weighted by atomic mass is 10.1. The average molecular weight is 315 g/mol. The maximum atomic E-state index is 12.0. The molecular formula is C13H21N3O2S2. The highest BCUT2D eigenvalue weighted by atomic mass is 32.2. The first kappa shape index (κ1) is 17.0. The van der Waals surface area contributed by atoms with E-state index in [9.17, 15) is 8.42 Å². The smallest absolute Gasteiger partial charge is 0.215 e. The minimum atomic E-state index is -3.37. The molecule has 0 aliphatic rings. The summed E-state index contributed by atoms with van der Waals surface area (Å²) in [4.78, 5) is 2.22. The van der Waals surface area contributed by atoms with E-state index >= 15 is 0 Å². The molecule has 0 aromatic heterocycles. The first-order valence-electron chi connectivity index (χ1n) is 6.24. The largest absolute Gasteiger partial charge is 0.389 e. The minimum absolute atomic E-state index is 0.0798. The van der Waals surface area contributed by atoms with Gasteiger partial charge in [0.05, 0.1) is 5.75 Å². The Bertz CT molecular complexity index is 571. The SMILES string of the molecule is CC(CNS(=O)(=O)Cc1cccc(C(N)=S)c1)N(C)C. The fourth-order valence-electron chi connectivity index (χ4n) is 1.51. The van der Waals surface area contributed by atoms with Gasteiger partial charge >= 0.3 is 0 Å². The molecule has 112 valence electrons. The van der Waals surface area contributed by atoms with Gasteiger partial charge in [0.15, 0.2) is 0 Å². The number of likely N-dealkylation sites (N-methyl/N-ethyl adjacent to an activating group) is 1. The number of rotatable bonds is 7. The van der Waals surface area contributed by atoms with Crippen LogP contribution in [0.15, 0.2) is 24.3 Å². The van der Waals surface area contributed by atoms with Crippen molar-refractivity contribution in [1.29, 1.82) is 0 Å². The lowest BCUT2D eigenvalue weighted by Crippen LogP contribution is -2.38. The lowest BCUT2D eigenvalue weighted by Gasteiger charge is -2.20. The van der Waals surface area contributed by atoms with Gasteiger partial charge in [0.1, 0.15) is 4.99 Å². The third-order valence-corrected chi connectivity index (χ3v) is 4.60. The predicted molar refractivity (Wildman–Crippen MR) is 86.1 cm³/mol. The molecule has 1 unspecified atom stereocenters. The number of benzene rings is 1. The van der Waals surface area contributed by atoms with Gasteiger partial charge in [-0.3, -0.25) is 0 Å². The summed E-state index contributed by atoms with van der Waals surface area (Å²) in [5, 5.41) is 0. The second-order valence-corrected chi connectivity index (χ2v) is 7.23. The quantitative estimate of drug-likeness (QED) is 0.724. The van der Waals surface area contributed by atoms with E-state index in [0.29, 0.717) is 17.7 Å². The van der Waals surface area contributed by atoms with Crippen molar-refractivity contribution in [2.24, 2.45) is 5.73 Å². The van der Waals surface area contributed by atoms with E-state index in [1.165, 1.54) is 0 Å². The first-order chi connectivity index (χ1) is 9.21. The van der Waals surface area contributed by atoms with Crippen LogP contribution in [0.2, 0.25) is 0 Å². The van der Waals surface area contributed by atoms with E-state index in [-0.39, 0.29) is 16.8 Å². The van der Waals surface area contributed by atoms with Gasteiger partial charge in [0, 0.05) is 18.2 Å². The van der Waals surface area contributed by atoms with Crippen molar-refractivity contribution >= 4 is 27.2 Å². The summed E-state index contributed by atoms with van der Waals surface area (Å²) < 4.78 is 26.6. The van der Waals surface area contributed by atoms with Gasteiger partial charge in [0.25, 0.3) is 0 Å². The molecule has 1 aromatic carbocycles. The molecule has 20 heavy (non-hydrogen) atoms. The van der Waals surface area contributed by atoms with E-state index in [1.54, 1.807) is 24.3 Å². The Balaban J connectivity index is 2.71. The first-order valence-corrected chi connectivity index (χ1v) is 8.30. The predicted octanol–water partition coefficient (Wildman–Crippen LogP) is 0.690. The van der Waals surface area contributed by atoms with Gasteiger partial charge in [-0.25, -0.2) is 13.1 Å². The molecule has 7 heteroatoms. The molecule has 0 heterocycles. The number of hydrogen-bond donors (Lipinski definition) is 2. The molecule has 0 fully saturated rings. The Morgan fingerprint density at radius 2 is 2.10 bits per heavy atom. The van der Waals surface area contributed by atoms with Gasteiger partial charge in [0.2, 0.25) is 10.0 Å². The van der Waals surface area contributed by atoms with Crippen LogP contribution in [0.5, 0.6) is 0 Å². The second kappa shape index (κ2) is 7.12. The Labute approximate surface area is 126 Å². The third kappa shape index (κ3) is 5.54. The molecule has 0 aliphatic carbocycles. The van der Waals surface area contributed by atoms with Crippen molar-refractivity contribution in [2.75, 3.05) is 20.6 Å². The van der Waals surface area contributed by atoms with Crippen molar-refractivity contribution < 1.29 is 8.42 Å².